The standard InChI is InChI=1S/C16H22ClN3S/c1-13-2-3-15-14(12-13)18-16(4-5-17)20(15)7-6-19-8-10-21-11-9-19/h2-3,12H,4-11H2,1H3. The average molecular weight is 324 g/mol. The number of nitrogens with zero attached hydrogens (tertiary/aromatic N) is 3. The van der Waals surface area contributed by atoms with E-state index in [-0.39, 0.29) is 0 Å². The van der Waals surface area contributed by atoms with Crippen LogP contribution in [-0.2, 0) is 13.0 Å². The van der Waals surface area contributed by atoms with Crippen LogP contribution in [0.2, 0.25) is 0 Å². The first kappa shape index (κ1) is 15.2. The van der Waals surface area contributed by atoms with Crippen molar-refractivity contribution < 1.29 is 0 Å². The van der Waals surface area contributed by atoms with E-state index in [4.69, 9.17) is 16.6 Å². The number of fused-ring (bicyclic) bond motifs is 1. The lowest BCUT2D eigenvalue weighted by atomic mass is 10.2. The van der Waals surface area contributed by atoms with E-state index in [2.05, 4.69) is 46.4 Å². The molecule has 21 heavy (non-hydrogen) atoms. The fraction of sp³-hybridized carbons (Fsp3) is 0.562. The molecule has 0 bridgehead atoms. The minimum Gasteiger partial charge on any atom is -0.327 e. The monoisotopic (exact) mass is 323 g/mol. The van der Waals surface area contributed by atoms with Gasteiger partial charge in [0.1, 0.15) is 5.82 Å². The van der Waals surface area contributed by atoms with Crippen molar-refractivity contribution in [1.29, 1.82) is 0 Å². The lowest BCUT2D eigenvalue weighted by Crippen LogP contribution is -2.35. The van der Waals surface area contributed by atoms with E-state index in [0.717, 1.165) is 30.9 Å². The molecule has 0 radical (unpaired) electrons. The summed E-state index contributed by atoms with van der Waals surface area (Å²) in [7, 11) is 0. The maximum atomic E-state index is 5.95. The van der Waals surface area contributed by atoms with Crippen molar-refractivity contribution in [3.05, 3.63) is 29.6 Å². The van der Waals surface area contributed by atoms with Crippen molar-refractivity contribution in [1.82, 2.24) is 14.5 Å². The number of aryl methyl sites for hydroxylation is 2. The number of rotatable bonds is 5. The molecule has 1 aromatic carbocycles. The van der Waals surface area contributed by atoms with Gasteiger partial charge in [0.25, 0.3) is 0 Å². The van der Waals surface area contributed by atoms with Crippen LogP contribution in [0.3, 0.4) is 0 Å². The maximum Gasteiger partial charge on any atom is 0.111 e. The Balaban J connectivity index is 1.82. The van der Waals surface area contributed by atoms with E-state index in [0.29, 0.717) is 5.88 Å². The van der Waals surface area contributed by atoms with Crippen molar-refractivity contribution in [3.63, 3.8) is 0 Å². The highest BCUT2D eigenvalue weighted by Gasteiger charge is 2.14. The summed E-state index contributed by atoms with van der Waals surface area (Å²) in [4.78, 5) is 7.34. The molecule has 5 heteroatoms. The van der Waals surface area contributed by atoms with Crippen molar-refractivity contribution in [2.45, 2.75) is 19.9 Å². The Bertz CT molecular complexity index is 605. The molecule has 0 saturated carbocycles. The van der Waals surface area contributed by atoms with Gasteiger partial charge in [-0.3, -0.25) is 4.90 Å². The van der Waals surface area contributed by atoms with Crippen molar-refractivity contribution >= 4 is 34.4 Å². The normalized spacial score (nSPS) is 16.7. The summed E-state index contributed by atoms with van der Waals surface area (Å²) in [5.74, 6) is 4.27. The first-order chi connectivity index (χ1) is 10.3. The molecule has 114 valence electrons. The van der Waals surface area contributed by atoms with Crippen LogP contribution in [0.5, 0.6) is 0 Å². The van der Waals surface area contributed by atoms with E-state index < -0.39 is 0 Å². The third-order valence-corrected chi connectivity index (χ3v) is 5.18. The molecule has 0 aliphatic carbocycles. The molecule has 1 aliphatic heterocycles. The van der Waals surface area contributed by atoms with Crippen LogP contribution < -0.4 is 0 Å². The fourth-order valence-corrected chi connectivity index (χ4v) is 4.03. The number of benzene rings is 1. The Labute approximate surface area is 135 Å². The molecule has 0 amide bonds. The van der Waals surface area contributed by atoms with Gasteiger partial charge in [0, 0.05) is 50.0 Å². The SMILES string of the molecule is Cc1ccc2c(c1)nc(CCCl)n2CCN1CCSCC1. The molecule has 3 rings (SSSR count). The summed E-state index contributed by atoms with van der Waals surface area (Å²) in [6.45, 7) is 6.65. The average Bonchev–Trinajstić information content (AvgIpc) is 2.83. The van der Waals surface area contributed by atoms with Crippen LogP contribution in [0.4, 0.5) is 0 Å². The molecular formula is C16H22ClN3S. The van der Waals surface area contributed by atoms with Crippen LogP contribution >= 0.6 is 23.4 Å². The molecule has 0 atom stereocenters. The van der Waals surface area contributed by atoms with Gasteiger partial charge in [-0.05, 0) is 24.6 Å². The summed E-state index contributed by atoms with van der Waals surface area (Å²) < 4.78 is 2.36. The molecule has 1 saturated heterocycles. The summed E-state index contributed by atoms with van der Waals surface area (Å²) in [6.07, 6.45) is 0.838. The third-order valence-electron chi connectivity index (χ3n) is 4.04. The third kappa shape index (κ3) is 3.55. The van der Waals surface area contributed by atoms with Gasteiger partial charge in [0.2, 0.25) is 0 Å². The van der Waals surface area contributed by atoms with Gasteiger partial charge in [-0.25, -0.2) is 4.98 Å². The van der Waals surface area contributed by atoms with E-state index >= 15 is 0 Å². The van der Waals surface area contributed by atoms with Gasteiger partial charge in [-0.1, -0.05) is 6.07 Å². The van der Waals surface area contributed by atoms with Crippen LogP contribution in [0.25, 0.3) is 11.0 Å². The van der Waals surface area contributed by atoms with Gasteiger partial charge >= 0.3 is 0 Å². The van der Waals surface area contributed by atoms with Gasteiger partial charge in [0.05, 0.1) is 11.0 Å². The first-order valence-electron chi connectivity index (χ1n) is 7.60. The van der Waals surface area contributed by atoms with Gasteiger partial charge in [-0.15, -0.1) is 11.6 Å². The maximum absolute atomic E-state index is 5.95. The largest absolute Gasteiger partial charge is 0.327 e. The van der Waals surface area contributed by atoms with Crippen molar-refractivity contribution in [3.8, 4) is 0 Å². The summed E-state index contributed by atoms with van der Waals surface area (Å²) >= 11 is 8.01. The molecule has 2 heterocycles. The topological polar surface area (TPSA) is 21.1 Å². The van der Waals surface area contributed by atoms with Crippen LogP contribution in [-0.4, -0.2) is 51.5 Å². The first-order valence-corrected chi connectivity index (χ1v) is 9.28. The zero-order chi connectivity index (χ0) is 14.7. The molecule has 1 aromatic heterocycles. The Kier molecular flexibility index (Phi) is 5.09. The molecular weight excluding hydrogens is 302 g/mol. The molecule has 1 fully saturated rings. The summed E-state index contributed by atoms with van der Waals surface area (Å²) in [5, 5.41) is 0. The Morgan fingerprint density at radius 1 is 1.24 bits per heavy atom. The molecule has 0 N–H and O–H groups in total. The quantitative estimate of drug-likeness (QED) is 0.789. The van der Waals surface area contributed by atoms with E-state index in [1.54, 1.807) is 0 Å². The Morgan fingerprint density at radius 3 is 2.81 bits per heavy atom. The minimum atomic E-state index is 0.628. The zero-order valence-corrected chi connectivity index (χ0v) is 14.1. The second-order valence-corrected chi connectivity index (χ2v) is 7.17. The number of hydrogen-bond donors (Lipinski definition) is 0. The number of aromatic nitrogens is 2. The minimum absolute atomic E-state index is 0.628. The van der Waals surface area contributed by atoms with Crippen LogP contribution in [0, 0.1) is 6.92 Å². The number of hydrogen-bond acceptors (Lipinski definition) is 3. The van der Waals surface area contributed by atoms with Gasteiger partial charge in [-0.2, -0.15) is 11.8 Å². The van der Waals surface area contributed by atoms with Crippen LogP contribution in [0.15, 0.2) is 18.2 Å². The second-order valence-electron chi connectivity index (χ2n) is 5.56. The lowest BCUT2D eigenvalue weighted by Gasteiger charge is -2.26. The van der Waals surface area contributed by atoms with Crippen LogP contribution in [0.1, 0.15) is 11.4 Å². The highest BCUT2D eigenvalue weighted by Crippen LogP contribution is 2.19. The van der Waals surface area contributed by atoms with Crippen molar-refractivity contribution in [2.75, 3.05) is 37.0 Å². The van der Waals surface area contributed by atoms with E-state index in [1.165, 1.54) is 35.7 Å². The van der Waals surface area contributed by atoms with E-state index in [1.807, 2.05) is 0 Å². The predicted molar refractivity (Wildman–Crippen MR) is 92.7 cm³/mol. The number of imidazole rings is 1. The van der Waals surface area contributed by atoms with E-state index in [9.17, 15) is 0 Å². The summed E-state index contributed by atoms with van der Waals surface area (Å²) in [5.41, 5.74) is 3.61. The summed E-state index contributed by atoms with van der Waals surface area (Å²) in [6, 6.07) is 6.53. The zero-order valence-electron chi connectivity index (χ0n) is 12.5. The molecule has 0 unspecified atom stereocenters. The van der Waals surface area contributed by atoms with Crippen molar-refractivity contribution in [2.24, 2.45) is 0 Å². The number of alkyl halides is 1. The lowest BCUT2D eigenvalue weighted by molar-refractivity contribution is 0.289. The molecule has 2 aromatic rings. The highest BCUT2D eigenvalue weighted by atomic mass is 35.5. The smallest absolute Gasteiger partial charge is 0.111 e. The highest BCUT2D eigenvalue weighted by molar-refractivity contribution is 7.99. The van der Waals surface area contributed by atoms with Gasteiger partial charge < -0.3 is 4.57 Å². The molecule has 0 spiro atoms. The predicted octanol–water partition coefficient (Wildman–Crippen LogP) is 3.17. The Hall–Kier alpha value is -0.710. The second kappa shape index (κ2) is 7.03. The number of thioether (sulfide) groups is 1. The number of halogens is 1. The molecule has 3 nitrogen and oxygen atoms in total. The molecule has 1 aliphatic rings. The van der Waals surface area contributed by atoms with Gasteiger partial charge in [0.15, 0.2) is 0 Å². The Morgan fingerprint density at radius 2 is 2.05 bits per heavy atom. The fourth-order valence-electron chi connectivity index (χ4n) is 2.88.